The van der Waals surface area contributed by atoms with Gasteiger partial charge in [-0.25, -0.2) is 4.98 Å². The molecule has 0 amide bonds. The molecule has 7 heteroatoms. The summed E-state index contributed by atoms with van der Waals surface area (Å²) in [6.45, 7) is 5.68. The first-order valence-corrected chi connectivity index (χ1v) is 6.97. The third-order valence-corrected chi connectivity index (χ3v) is 3.92. The lowest BCUT2D eigenvalue weighted by molar-refractivity contribution is -0.137. The van der Waals surface area contributed by atoms with Crippen LogP contribution in [0.15, 0.2) is 18.2 Å². The molecule has 3 rings (SSSR count). The molecule has 4 nitrogen and oxygen atoms in total. The minimum absolute atomic E-state index is 0.0637. The van der Waals surface area contributed by atoms with Gasteiger partial charge >= 0.3 is 6.18 Å². The second kappa shape index (κ2) is 5.31. The number of rotatable bonds is 2. The molecule has 1 unspecified atom stereocenters. The number of piperazine rings is 1. The molecule has 1 fully saturated rings. The van der Waals surface area contributed by atoms with Crippen molar-refractivity contribution in [1.82, 2.24) is 20.2 Å². The highest BCUT2D eigenvalue weighted by Gasteiger charge is 2.31. The van der Waals surface area contributed by atoms with Crippen molar-refractivity contribution >= 4 is 11.0 Å². The van der Waals surface area contributed by atoms with Gasteiger partial charge in [-0.2, -0.15) is 13.2 Å². The van der Waals surface area contributed by atoms with Crippen molar-refractivity contribution in [2.45, 2.75) is 19.1 Å². The zero-order valence-corrected chi connectivity index (χ0v) is 11.7. The van der Waals surface area contributed by atoms with E-state index in [9.17, 15) is 13.2 Å². The van der Waals surface area contributed by atoms with Crippen LogP contribution >= 0.6 is 0 Å². The molecule has 1 aromatic carbocycles. The van der Waals surface area contributed by atoms with Crippen molar-refractivity contribution in [1.29, 1.82) is 0 Å². The van der Waals surface area contributed by atoms with Gasteiger partial charge in [-0.05, 0) is 25.1 Å². The van der Waals surface area contributed by atoms with E-state index in [4.69, 9.17) is 0 Å². The van der Waals surface area contributed by atoms with E-state index in [0.29, 0.717) is 16.9 Å². The number of aromatic amines is 1. The summed E-state index contributed by atoms with van der Waals surface area (Å²) in [5.41, 5.74) is 0.349. The molecule has 114 valence electrons. The fraction of sp³-hybridized carbons (Fsp3) is 0.500. The highest BCUT2D eigenvalue weighted by atomic mass is 19.4. The third kappa shape index (κ3) is 2.89. The minimum atomic E-state index is -4.33. The number of fused-ring (bicyclic) bond motifs is 1. The minimum Gasteiger partial charge on any atom is -0.341 e. The van der Waals surface area contributed by atoms with Crippen LogP contribution in [0.3, 0.4) is 0 Å². The van der Waals surface area contributed by atoms with Crippen LogP contribution in [0, 0.1) is 0 Å². The molecule has 1 saturated heterocycles. The first-order chi connectivity index (χ1) is 9.95. The molecule has 0 spiro atoms. The van der Waals surface area contributed by atoms with E-state index in [1.807, 2.05) is 6.92 Å². The molecule has 1 aromatic heterocycles. The van der Waals surface area contributed by atoms with Gasteiger partial charge in [0, 0.05) is 26.2 Å². The van der Waals surface area contributed by atoms with Crippen molar-refractivity contribution in [2.24, 2.45) is 0 Å². The molecular weight excluding hydrogens is 281 g/mol. The van der Waals surface area contributed by atoms with Gasteiger partial charge in [0.05, 0.1) is 22.6 Å². The van der Waals surface area contributed by atoms with E-state index in [0.717, 1.165) is 38.3 Å². The van der Waals surface area contributed by atoms with Gasteiger partial charge in [0.15, 0.2) is 0 Å². The van der Waals surface area contributed by atoms with E-state index in [2.05, 4.69) is 20.2 Å². The number of hydrogen-bond donors (Lipinski definition) is 2. The standard InChI is InChI=1S/C14H17F3N4/c1-9(21-6-4-18-5-7-21)13-19-11-3-2-10(14(15,16)17)8-12(11)20-13/h2-3,8-9,18H,4-7H2,1H3,(H,19,20). The maximum atomic E-state index is 12.7. The Morgan fingerprint density at radius 2 is 1.95 bits per heavy atom. The fourth-order valence-corrected chi connectivity index (χ4v) is 2.65. The van der Waals surface area contributed by atoms with Crippen LogP contribution in [-0.4, -0.2) is 41.0 Å². The Labute approximate surface area is 120 Å². The Hall–Kier alpha value is -1.60. The SMILES string of the molecule is CC(c1nc2ccc(C(F)(F)F)cc2[nH]1)N1CCNCC1. The van der Waals surface area contributed by atoms with Gasteiger partial charge in [0.25, 0.3) is 0 Å². The molecule has 0 aliphatic carbocycles. The maximum Gasteiger partial charge on any atom is 0.416 e. The van der Waals surface area contributed by atoms with Gasteiger partial charge in [-0.3, -0.25) is 4.90 Å². The van der Waals surface area contributed by atoms with Crippen molar-refractivity contribution < 1.29 is 13.2 Å². The van der Waals surface area contributed by atoms with Gasteiger partial charge in [-0.15, -0.1) is 0 Å². The van der Waals surface area contributed by atoms with Crippen molar-refractivity contribution in [3.05, 3.63) is 29.6 Å². The Bertz CT molecular complexity index is 629. The van der Waals surface area contributed by atoms with Crippen molar-refractivity contribution in [2.75, 3.05) is 26.2 Å². The Balaban J connectivity index is 1.89. The number of H-pyrrole nitrogens is 1. The predicted molar refractivity (Wildman–Crippen MR) is 74.0 cm³/mol. The van der Waals surface area contributed by atoms with Crippen LogP contribution in [-0.2, 0) is 6.18 Å². The highest BCUT2D eigenvalue weighted by molar-refractivity contribution is 5.76. The first-order valence-electron chi connectivity index (χ1n) is 6.97. The van der Waals surface area contributed by atoms with E-state index < -0.39 is 11.7 Å². The number of aromatic nitrogens is 2. The molecule has 0 radical (unpaired) electrons. The molecular formula is C14H17F3N4. The Morgan fingerprint density at radius 1 is 1.24 bits per heavy atom. The molecule has 0 saturated carbocycles. The Kier molecular flexibility index (Phi) is 3.62. The summed E-state index contributed by atoms with van der Waals surface area (Å²) in [6, 6.07) is 3.68. The molecule has 2 heterocycles. The van der Waals surface area contributed by atoms with Crippen molar-refractivity contribution in [3.63, 3.8) is 0 Å². The summed E-state index contributed by atoms with van der Waals surface area (Å²) in [5.74, 6) is 0.714. The molecule has 2 N–H and O–H groups in total. The molecule has 1 aliphatic rings. The van der Waals surface area contributed by atoms with Crippen molar-refractivity contribution in [3.8, 4) is 0 Å². The van der Waals surface area contributed by atoms with E-state index in [-0.39, 0.29) is 6.04 Å². The number of alkyl halides is 3. The van der Waals surface area contributed by atoms with E-state index >= 15 is 0 Å². The average molecular weight is 298 g/mol. The van der Waals surface area contributed by atoms with Gasteiger partial charge in [0.2, 0.25) is 0 Å². The summed E-state index contributed by atoms with van der Waals surface area (Å²) < 4.78 is 38.2. The van der Waals surface area contributed by atoms with Crippen LogP contribution in [0.5, 0.6) is 0 Å². The molecule has 2 aromatic rings. The molecule has 21 heavy (non-hydrogen) atoms. The van der Waals surface area contributed by atoms with Gasteiger partial charge < -0.3 is 10.3 Å². The second-order valence-electron chi connectivity index (χ2n) is 5.31. The maximum absolute atomic E-state index is 12.7. The lowest BCUT2D eigenvalue weighted by Gasteiger charge is -2.31. The third-order valence-electron chi connectivity index (χ3n) is 3.92. The van der Waals surface area contributed by atoms with Crippen LogP contribution in [0.1, 0.15) is 24.4 Å². The van der Waals surface area contributed by atoms with E-state index in [1.165, 1.54) is 6.07 Å². The summed E-state index contributed by atoms with van der Waals surface area (Å²) in [4.78, 5) is 9.72. The quantitative estimate of drug-likeness (QED) is 0.895. The smallest absolute Gasteiger partial charge is 0.341 e. The zero-order valence-electron chi connectivity index (χ0n) is 11.7. The number of nitrogens with one attached hydrogen (secondary N) is 2. The lowest BCUT2D eigenvalue weighted by atomic mass is 10.2. The largest absolute Gasteiger partial charge is 0.416 e. The second-order valence-corrected chi connectivity index (χ2v) is 5.31. The number of benzene rings is 1. The van der Waals surface area contributed by atoms with Crippen LogP contribution in [0.2, 0.25) is 0 Å². The number of nitrogens with zero attached hydrogens (tertiary/aromatic N) is 2. The van der Waals surface area contributed by atoms with Gasteiger partial charge in [-0.1, -0.05) is 0 Å². The zero-order chi connectivity index (χ0) is 15.0. The van der Waals surface area contributed by atoms with Crippen LogP contribution in [0.4, 0.5) is 13.2 Å². The fourth-order valence-electron chi connectivity index (χ4n) is 2.65. The summed E-state index contributed by atoms with van der Waals surface area (Å²) in [7, 11) is 0. The number of hydrogen-bond acceptors (Lipinski definition) is 3. The number of halogens is 3. The van der Waals surface area contributed by atoms with E-state index in [1.54, 1.807) is 0 Å². The summed E-state index contributed by atoms with van der Waals surface area (Å²) >= 11 is 0. The monoisotopic (exact) mass is 298 g/mol. The molecule has 1 aliphatic heterocycles. The Morgan fingerprint density at radius 3 is 2.62 bits per heavy atom. The average Bonchev–Trinajstić information content (AvgIpc) is 2.89. The highest BCUT2D eigenvalue weighted by Crippen LogP contribution is 2.31. The van der Waals surface area contributed by atoms with Gasteiger partial charge in [0.1, 0.15) is 5.82 Å². The topological polar surface area (TPSA) is 44.0 Å². The molecule has 1 atom stereocenters. The summed E-state index contributed by atoms with van der Waals surface area (Å²) in [5, 5.41) is 3.27. The predicted octanol–water partition coefficient (Wildman–Crippen LogP) is 2.55. The normalized spacial score (nSPS) is 19.0. The van der Waals surface area contributed by atoms with Crippen LogP contribution < -0.4 is 5.32 Å². The van der Waals surface area contributed by atoms with Crippen LogP contribution in [0.25, 0.3) is 11.0 Å². The summed E-state index contributed by atoms with van der Waals surface area (Å²) in [6.07, 6.45) is -4.33. The lowest BCUT2D eigenvalue weighted by Crippen LogP contribution is -2.44. The first kappa shape index (κ1) is 14.3. The number of imidazole rings is 1. The molecule has 0 bridgehead atoms.